The Morgan fingerprint density at radius 2 is 1.11 bits per heavy atom. The average molecular weight is 482 g/mol. The van der Waals surface area contributed by atoms with Gasteiger partial charge in [-0.3, -0.25) is 0 Å². The Kier molecular flexibility index (Phi) is 5.21. The van der Waals surface area contributed by atoms with Crippen molar-refractivity contribution in [1.29, 1.82) is 0 Å². The van der Waals surface area contributed by atoms with E-state index in [1.165, 1.54) is 44.1 Å². The van der Waals surface area contributed by atoms with E-state index in [2.05, 4.69) is 121 Å². The van der Waals surface area contributed by atoms with Gasteiger partial charge >= 0.3 is 0 Å². The van der Waals surface area contributed by atoms with E-state index in [0.29, 0.717) is 0 Å². The molecule has 6 aromatic rings. The van der Waals surface area contributed by atoms with E-state index in [1.807, 2.05) is 13.0 Å². The standard InChI is InChI=1S/C34H27NO2/c1-22-19-20-24(35-32-17-9-7-14-28(32)29-15-8-10-18-33(29)35)21-31(22)27-13-4-3-11-25(27)26-12-5-6-16-30(26)34-36-23(2)37-34/h3-21,23,34H,1-2H3. The maximum Gasteiger partial charge on any atom is 0.190 e. The van der Waals surface area contributed by atoms with Gasteiger partial charge in [-0.25, -0.2) is 0 Å². The van der Waals surface area contributed by atoms with Gasteiger partial charge in [-0.05, 0) is 65.9 Å². The Hall–Kier alpha value is -4.18. The highest BCUT2D eigenvalue weighted by atomic mass is 16.9. The van der Waals surface area contributed by atoms with Crippen molar-refractivity contribution in [1.82, 2.24) is 4.57 Å². The third-order valence-electron chi connectivity index (χ3n) is 7.41. The highest BCUT2D eigenvalue weighted by molar-refractivity contribution is 6.09. The second-order valence-electron chi connectivity index (χ2n) is 9.67. The lowest BCUT2D eigenvalue weighted by Crippen LogP contribution is -2.31. The summed E-state index contributed by atoms with van der Waals surface area (Å²) in [5.74, 6) is 0. The van der Waals surface area contributed by atoms with Crippen LogP contribution >= 0.6 is 0 Å². The van der Waals surface area contributed by atoms with E-state index in [-0.39, 0.29) is 12.6 Å². The Morgan fingerprint density at radius 1 is 0.568 bits per heavy atom. The summed E-state index contributed by atoms with van der Waals surface area (Å²) in [5.41, 5.74) is 10.6. The third kappa shape index (κ3) is 3.59. The number of benzene rings is 5. The van der Waals surface area contributed by atoms with Gasteiger partial charge in [0, 0.05) is 22.0 Å². The Morgan fingerprint density at radius 3 is 1.76 bits per heavy atom. The van der Waals surface area contributed by atoms with Crippen LogP contribution in [-0.4, -0.2) is 10.9 Å². The van der Waals surface area contributed by atoms with Crippen LogP contribution in [0.15, 0.2) is 115 Å². The number of fused-ring (bicyclic) bond motifs is 3. The van der Waals surface area contributed by atoms with Gasteiger partial charge < -0.3 is 14.0 Å². The van der Waals surface area contributed by atoms with Crippen LogP contribution in [0.1, 0.15) is 24.3 Å². The highest BCUT2D eigenvalue weighted by Gasteiger charge is 2.30. The number of para-hydroxylation sites is 2. The molecule has 37 heavy (non-hydrogen) atoms. The zero-order valence-corrected chi connectivity index (χ0v) is 20.9. The molecule has 3 nitrogen and oxygen atoms in total. The van der Waals surface area contributed by atoms with Crippen molar-refractivity contribution < 1.29 is 9.47 Å². The molecule has 0 N–H and O–H groups in total. The lowest BCUT2D eigenvalue weighted by atomic mass is 9.89. The van der Waals surface area contributed by atoms with Gasteiger partial charge in [-0.2, -0.15) is 0 Å². The summed E-state index contributed by atoms with van der Waals surface area (Å²) in [7, 11) is 0. The van der Waals surface area contributed by atoms with E-state index in [1.54, 1.807) is 0 Å². The molecule has 0 spiro atoms. The first-order chi connectivity index (χ1) is 18.2. The normalized spacial score (nSPS) is 17.2. The van der Waals surface area contributed by atoms with Gasteiger partial charge in [-0.1, -0.05) is 91.0 Å². The summed E-state index contributed by atoms with van der Waals surface area (Å²) in [4.78, 5) is 0. The summed E-state index contributed by atoms with van der Waals surface area (Å²) in [6.45, 7) is 4.12. The van der Waals surface area contributed by atoms with Gasteiger partial charge in [-0.15, -0.1) is 0 Å². The van der Waals surface area contributed by atoms with Crippen LogP contribution in [0.25, 0.3) is 49.7 Å². The molecule has 7 rings (SSSR count). The van der Waals surface area contributed by atoms with E-state index < -0.39 is 0 Å². The summed E-state index contributed by atoms with van der Waals surface area (Å²) in [5, 5.41) is 2.54. The first-order valence-electron chi connectivity index (χ1n) is 12.8. The van der Waals surface area contributed by atoms with E-state index in [9.17, 15) is 0 Å². The lowest BCUT2D eigenvalue weighted by Gasteiger charge is -2.35. The summed E-state index contributed by atoms with van der Waals surface area (Å²) in [6.07, 6.45) is -0.497. The molecule has 180 valence electrons. The minimum absolute atomic E-state index is 0.168. The number of aromatic nitrogens is 1. The van der Waals surface area contributed by atoms with Crippen LogP contribution < -0.4 is 0 Å². The van der Waals surface area contributed by atoms with Crippen molar-refractivity contribution in [3.05, 3.63) is 126 Å². The molecule has 1 fully saturated rings. The number of nitrogens with zero attached hydrogens (tertiary/aromatic N) is 1. The van der Waals surface area contributed by atoms with Crippen LogP contribution in [0.4, 0.5) is 0 Å². The predicted octanol–water partition coefficient (Wildman–Crippen LogP) is 8.82. The van der Waals surface area contributed by atoms with Gasteiger partial charge in [0.05, 0.1) is 11.0 Å². The monoisotopic (exact) mass is 481 g/mol. The van der Waals surface area contributed by atoms with E-state index >= 15 is 0 Å². The molecule has 5 aromatic carbocycles. The molecule has 3 heteroatoms. The Balaban J connectivity index is 1.43. The smallest absolute Gasteiger partial charge is 0.190 e. The molecule has 0 aliphatic carbocycles. The maximum atomic E-state index is 5.88. The van der Waals surface area contributed by atoms with E-state index in [4.69, 9.17) is 9.47 Å². The molecule has 0 amide bonds. The first-order valence-corrected chi connectivity index (χ1v) is 12.8. The number of hydrogen-bond donors (Lipinski definition) is 0. The topological polar surface area (TPSA) is 23.4 Å². The fraction of sp³-hybridized carbons (Fsp3) is 0.118. The van der Waals surface area contributed by atoms with Crippen molar-refractivity contribution >= 4 is 21.8 Å². The van der Waals surface area contributed by atoms with Crippen LogP contribution in [0.5, 0.6) is 0 Å². The Bertz CT molecular complexity index is 1720. The van der Waals surface area contributed by atoms with Gasteiger partial charge in [0.2, 0.25) is 0 Å². The van der Waals surface area contributed by atoms with Crippen molar-refractivity contribution in [2.24, 2.45) is 0 Å². The van der Waals surface area contributed by atoms with Crippen LogP contribution in [0, 0.1) is 6.92 Å². The third-order valence-corrected chi connectivity index (χ3v) is 7.41. The molecule has 1 aliphatic heterocycles. The number of hydrogen-bond acceptors (Lipinski definition) is 2. The van der Waals surface area contributed by atoms with Gasteiger partial charge in [0.1, 0.15) is 0 Å². The predicted molar refractivity (Wildman–Crippen MR) is 151 cm³/mol. The minimum Gasteiger partial charge on any atom is -0.320 e. The molecule has 0 bridgehead atoms. The van der Waals surface area contributed by atoms with Gasteiger partial charge in [0.15, 0.2) is 12.6 Å². The molecule has 0 saturated carbocycles. The zero-order chi connectivity index (χ0) is 24.9. The summed E-state index contributed by atoms with van der Waals surface area (Å²) >= 11 is 0. The fourth-order valence-electron chi connectivity index (χ4n) is 5.65. The number of ether oxygens (including phenoxy) is 2. The van der Waals surface area contributed by atoms with Crippen LogP contribution in [-0.2, 0) is 9.47 Å². The maximum absolute atomic E-state index is 5.88. The van der Waals surface area contributed by atoms with Crippen molar-refractivity contribution in [2.45, 2.75) is 26.4 Å². The molecule has 1 aliphatic rings. The molecule has 1 aromatic heterocycles. The molecule has 2 heterocycles. The van der Waals surface area contributed by atoms with E-state index in [0.717, 1.165) is 16.8 Å². The van der Waals surface area contributed by atoms with Gasteiger partial charge in [0.25, 0.3) is 0 Å². The molecular weight excluding hydrogens is 454 g/mol. The molecule has 0 unspecified atom stereocenters. The number of rotatable bonds is 4. The number of aryl methyl sites for hydroxylation is 1. The summed E-state index contributed by atoms with van der Waals surface area (Å²) in [6, 6.07) is 41.1. The first kappa shape index (κ1) is 22.1. The second-order valence-corrected chi connectivity index (χ2v) is 9.67. The van der Waals surface area contributed by atoms with Crippen molar-refractivity contribution in [2.75, 3.05) is 0 Å². The highest BCUT2D eigenvalue weighted by Crippen LogP contribution is 2.42. The largest absolute Gasteiger partial charge is 0.320 e. The quantitative estimate of drug-likeness (QED) is 0.251. The Labute approximate surface area is 216 Å². The zero-order valence-electron chi connectivity index (χ0n) is 20.9. The minimum atomic E-state index is -0.329. The fourth-order valence-corrected chi connectivity index (χ4v) is 5.65. The van der Waals surface area contributed by atoms with Crippen LogP contribution in [0.3, 0.4) is 0 Å². The second kappa shape index (κ2) is 8.74. The summed E-state index contributed by atoms with van der Waals surface area (Å²) < 4.78 is 14.1. The average Bonchev–Trinajstić information content (AvgIpc) is 3.26. The SMILES string of the molecule is Cc1ccc(-n2c3ccccc3c3ccccc32)cc1-c1ccccc1-c1ccccc1C1OC(C)O1. The van der Waals surface area contributed by atoms with Crippen LogP contribution in [0.2, 0.25) is 0 Å². The molecular formula is C34H27NO2. The molecule has 1 saturated heterocycles. The molecule has 0 atom stereocenters. The van der Waals surface area contributed by atoms with Crippen molar-refractivity contribution in [3.63, 3.8) is 0 Å². The van der Waals surface area contributed by atoms with Crippen molar-refractivity contribution in [3.8, 4) is 27.9 Å². The lowest BCUT2D eigenvalue weighted by molar-refractivity contribution is -0.382. The molecule has 0 radical (unpaired) electrons.